The molecule has 29 heavy (non-hydrogen) atoms. The molecule has 0 saturated heterocycles. The van der Waals surface area contributed by atoms with E-state index in [2.05, 4.69) is 50.4 Å². The van der Waals surface area contributed by atoms with Gasteiger partial charge in [-0.1, -0.05) is 69.3 Å². The van der Waals surface area contributed by atoms with E-state index in [1.54, 1.807) is 4.90 Å². The molecule has 4 nitrogen and oxygen atoms in total. The summed E-state index contributed by atoms with van der Waals surface area (Å²) in [5, 5.41) is 4.97. The van der Waals surface area contributed by atoms with Gasteiger partial charge in [0.05, 0.1) is 11.7 Å². The molecule has 1 N–H and O–H groups in total. The van der Waals surface area contributed by atoms with E-state index >= 15 is 0 Å². The summed E-state index contributed by atoms with van der Waals surface area (Å²) in [5.74, 6) is -0.287. The lowest BCUT2D eigenvalue weighted by Crippen LogP contribution is -2.39. The van der Waals surface area contributed by atoms with Gasteiger partial charge < -0.3 is 5.32 Å². The van der Waals surface area contributed by atoms with Gasteiger partial charge in [0.2, 0.25) is 5.91 Å². The van der Waals surface area contributed by atoms with E-state index in [0.29, 0.717) is 5.56 Å². The SMILES string of the molecule is C[C@H](NC(=O)CN1C(=O)c2cccc3cccc1c23)c1ccc(C(C)(C)C)cc1. The van der Waals surface area contributed by atoms with Crippen LogP contribution in [-0.4, -0.2) is 18.4 Å². The summed E-state index contributed by atoms with van der Waals surface area (Å²) in [6.07, 6.45) is 0. The highest BCUT2D eigenvalue weighted by Gasteiger charge is 2.31. The highest BCUT2D eigenvalue weighted by molar-refractivity contribution is 6.26. The van der Waals surface area contributed by atoms with Crippen molar-refractivity contribution in [2.75, 3.05) is 11.4 Å². The average Bonchev–Trinajstić information content (AvgIpc) is 2.95. The lowest BCUT2D eigenvalue weighted by atomic mass is 9.86. The summed E-state index contributed by atoms with van der Waals surface area (Å²) in [6, 6.07) is 19.7. The van der Waals surface area contributed by atoms with Gasteiger partial charge >= 0.3 is 0 Å². The number of amides is 2. The molecule has 0 bridgehead atoms. The number of anilines is 1. The van der Waals surface area contributed by atoms with Crippen molar-refractivity contribution in [2.24, 2.45) is 0 Å². The first-order valence-electron chi connectivity index (χ1n) is 9.99. The molecule has 4 rings (SSSR count). The Labute approximate surface area is 171 Å². The molecule has 0 aromatic heterocycles. The number of benzene rings is 3. The molecule has 1 heterocycles. The first-order valence-corrected chi connectivity index (χ1v) is 9.99. The third kappa shape index (κ3) is 3.51. The molecule has 1 aliphatic rings. The number of rotatable bonds is 4. The predicted molar refractivity (Wildman–Crippen MR) is 117 cm³/mol. The Morgan fingerprint density at radius 2 is 1.66 bits per heavy atom. The minimum atomic E-state index is -0.171. The smallest absolute Gasteiger partial charge is 0.259 e. The molecule has 0 saturated carbocycles. The van der Waals surface area contributed by atoms with Crippen LogP contribution in [0.1, 0.15) is 55.2 Å². The number of hydrogen-bond donors (Lipinski definition) is 1. The van der Waals surface area contributed by atoms with Crippen molar-refractivity contribution in [3.63, 3.8) is 0 Å². The van der Waals surface area contributed by atoms with Crippen molar-refractivity contribution in [1.82, 2.24) is 5.32 Å². The van der Waals surface area contributed by atoms with Crippen LogP contribution in [0.5, 0.6) is 0 Å². The van der Waals surface area contributed by atoms with E-state index in [4.69, 9.17) is 0 Å². The fourth-order valence-electron chi connectivity index (χ4n) is 3.92. The van der Waals surface area contributed by atoms with E-state index in [1.165, 1.54) is 5.56 Å². The van der Waals surface area contributed by atoms with Gasteiger partial charge in [0, 0.05) is 10.9 Å². The lowest BCUT2D eigenvalue weighted by molar-refractivity contribution is -0.120. The number of nitrogens with one attached hydrogen (secondary N) is 1. The van der Waals surface area contributed by atoms with Crippen LogP contribution in [0.15, 0.2) is 60.7 Å². The van der Waals surface area contributed by atoms with E-state index in [1.807, 2.05) is 43.3 Å². The van der Waals surface area contributed by atoms with E-state index < -0.39 is 0 Å². The molecule has 4 heteroatoms. The van der Waals surface area contributed by atoms with Crippen molar-refractivity contribution in [3.05, 3.63) is 77.4 Å². The van der Waals surface area contributed by atoms with Crippen molar-refractivity contribution in [2.45, 2.75) is 39.2 Å². The van der Waals surface area contributed by atoms with Crippen molar-refractivity contribution >= 4 is 28.3 Å². The van der Waals surface area contributed by atoms with Crippen LogP contribution in [0.3, 0.4) is 0 Å². The molecule has 1 atom stereocenters. The maximum atomic E-state index is 12.8. The molecule has 3 aromatic carbocycles. The Hall–Kier alpha value is -3.14. The number of carbonyl (C=O) groups is 2. The van der Waals surface area contributed by atoms with E-state index in [-0.39, 0.29) is 29.8 Å². The molecule has 0 fully saturated rings. The average molecular weight is 386 g/mol. The number of carbonyl (C=O) groups excluding carboxylic acids is 2. The normalized spacial score (nSPS) is 14.3. The maximum Gasteiger partial charge on any atom is 0.259 e. The molecule has 0 unspecified atom stereocenters. The standard InChI is InChI=1S/C25H26N2O2/c1-16(17-11-13-19(14-12-17)25(2,3)4)26-22(28)15-27-21-10-6-8-18-7-5-9-20(23(18)21)24(27)29/h5-14,16H,15H2,1-4H3,(H,26,28)/t16-/m0/s1. The Balaban J connectivity index is 1.48. The van der Waals surface area contributed by atoms with Gasteiger partial charge in [0.1, 0.15) is 6.54 Å². The zero-order chi connectivity index (χ0) is 20.8. The van der Waals surface area contributed by atoms with Crippen LogP contribution in [0.4, 0.5) is 5.69 Å². The summed E-state index contributed by atoms with van der Waals surface area (Å²) < 4.78 is 0. The van der Waals surface area contributed by atoms with E-state index in [0.717, 1.165) is 22.0 Å². The fraction of sp³-hybridized carbons (Fsp3) is 0.280. The first kappa shape index (κ1) is 19.2. The zero-order valence-corrected chi connectivity index (χ0v) is 17.3. The molecular formula is C25H26N2O2. The maximum absolute atomic E-state index is 12.8. The summed E-state index contributed by atoms with van der Waals surface area (Å²) >= 11 is 0. The molecule has 2 amide bonds. The Morgan fingerprint density at radius 3 is 2.31 bits per heavy atom. The molecule has 0 aliphatic carbocycles. The third-order valence-corrected chi connectivity index (χ3v) is 5.60. The molecule has 0 radical (unpaired) electrons. The minimum absolute atomic E-state index is 0.0110. The van der Waals surface area contributed by atoms with Crippen LogP contribution >= 0.6 is 0 Å². The second-order valence-electron chi connectivity index (χ2n) is 8.73. The summed E-state index contributed by atoms with van der Waals surface area (Å²) in [6.45, 7) is 8.51. The van der Waals surface area contributed by atoms with Gasteiger partial charge in [0.15, 0.2) is 0 Å². The van der Waals surface area contributed by atoms with Crippen molar-refractivity contribution in [1.29, 1.82) is 0 Å². The highest BCUT2D eigenvalue weighted by atomic mass is 16.2. The van der Waals surface area contributed by atoms with Crippen LogP contribution in [0, 0.1) is 0 Å². The third-order valence-electron chi connectivity index (χ3n) is 5.60. The quantitative estimate of drug-likeness (QED) is 0.688. The van der Waals surface area contributed by atoms with Gasteiger partial charge in [-0.3, -0.25) is 14.5 Å². The van der Waals surface area contributed by atoms with Crippen molar-refractivity contribution in [3.8, 4) is 0 Å². The van der Waals surface area contributed by atoms with Crippen LogP contribution in [0.2, 0.25) is 0 Å². The van der Waals surface area contributed by atoms with Crippen molar-refractivity contribution < 1.29 is 9.59 Å². The van der Waals surface area contributed by atoms with Gasteiger partial charge in [-0.2, -0.15) is 0 Å². The summed E-state index contributed by atoms with van der Waals surface area (Å²) in [7, 11) is 0. The van der Waals surface area contributed by atoms with Gasteiger partial charge in [0.25, 0.3) is 5.91 Å². The number of hydrogen-bond acceptors (Lipinski definition) is 2. The van der Waals surface area contributed by atoms with Crippen LogP contribution in [0.25, 0.3) is 10.8 Å². The van der Waals surface area contributed by atoms with Gasteiger partial charge in [-0.15, -0.1) is 0 Å². The Morgan fingerprint density at radius 1 is 1.00 bits per heavy atom. The highest BCUT2D eigenvalue weighted by Crippen LogP contribution is 2.36. The molecule has 1 aliphatic heterocycles. The summed E-state index contributed by atoms with van der Waals surface area (Å²) in [5.41, 5.74) is 3.87. The Kier molecular flexibility index (Phi) is 4.65. The fourth-order valence-corrected chi connectivity index (χ4v) is 3.92. The molecule has 3 aromatic rings. The van der Waals surface area contributed by atoms with Crippen LogP contribution < -0.4 is 10.2 Å². The minimum Gasteiger partial charge on any atom is -0.348 e. The monoisotopic (exact) mass is 386 g/mol. The predicted octanol–water partition coefficient (Wildman–Crippen LogP) is 4.97. The lowest BCUT2D eigenvalue weighted by Gasteiger charge is -2.22. The second kappa shape index (κ2) is 7.03. The molecular weight excluding hydrogens is 360 g/mol. The molecule has 0 spiro atoms. The topological polar surface area (TPSA) is 49.4 Å². The van der Waals surface area contributed by atoms with Gasteiger partial charge in [-0.05, 0) is 41.0 Å². The van der Waals surface area contributed by atoms with Crippen LogP contribution in [-0.2, 0) is 10.2 Å². The van der Waals surface area contributed by atoms with E-state index in [9.17, 15) is 9.59 Å². The first-order chi connectivity index (χ1) is 13.8. The summed E-state index contributed by atoms with van der Waals surface area (Å²) in [4.78, 5) is 27.1. The largest absolute Gasteiger partial charge is 0.348 e. The number of nitrogens with zero attached hydrogens (tertiary/aromatic N) is 1. The van der Waals surface area contributed by atoms with Gasteiger partial charge in [-0.25, -0.2) is 0 Å². The second-order valence-corrected chi connectivity index (χ2v) is 8.73. The zero-order valence-electron chi connectivity index (χ0n) is 17.3. The Bertz CT molecular complexity index is 1090. The molecule has 148 valence electrons.